The van der Waals surface area contributed by atoms with Crippen LogP contribution in [0.15, 0.2) is 58.0 Å². The number of benzene rings is 2. The van der Waals surface area contributed by atoms with Crippen LogP contribution in [0.25, 0.3) is 11.3 Å². The first-order chi connectivity index (χ1) is 15.0. The van der Waals surface area contributed by atoms with Crippen LogP contribution in [0.4, 0.5) is 11.4 Å². The number of amides is 1. The molecule has 0 fully saturated rings. The second-order valence-corrected chi connectivity index (χ2v) is 6.75. The molecule has 1 aliphatic heterocycles. The van der Waals surface area contributed by atoms with Crippen molar-refractivity contribution >= 4 is 35.1 Å². The van der Waals surface area contributed by atoms with E-state index in [1.165, 1.54) is 24.4 Å². The van der Waals surface area contributed by atoms with Gasteiger partial charge >= 0.3 is 0 Å². The van der Waals surface area contributed by atoms with E-state index in [1.54, 1.807) is 30.3 Å². The maximum Gasteiger partial charge on any atom is 0.270 e. The van der Waals surface area contributed by atoms with Crippen LogP contribution in [0, 0.1) is 10.1 Å². The number of hydrogen-bond donors (Lipinski definition) is 2. The lowest BCUT2D eigenvalue weighted by Crippen LogP contribution is -2.25. The molecule has 31 heavy (non-hydrogen) atoms. The first kappa shape index (κ1) is 20.2. The normalized spacial score (nSPS) is 12.2. The Morgan fingerprint density at radius 1 is 1.16 bits per heavy atom. The van der Waals surface area contributed by atoms with E-state index in [9.17, 15) is 14.9 Å². The van der Waals surface area contributed by atoms with Crippen molar-refractivity contribution in [2.45, 2.75) is 0 Å². The van der Waals surface area contributed by atoms with Gasteiger partial charge in [0.25, 0.3) is 11.6 Å². The van der Waals surface area contributed by atoms with Crippen LogP contribution in [0.3, 0.4) is 0 Å². The molecule has 0 atom stereocenters. The Balaban J connectivity index is 1.31. The lowest BCUT2D eigenvalue weighted by atomic mass is 10.1. The minimum atomic E-state index is -0.528. The van der Waals surface area contributed by atoms with Gasteiger partial charge in [0.05, 0.1) is 22.7 Å². The molecule has 0 bridgehead atoms. The summed E-state index contributed by atoms with van der Waals surface area (Å²) in [4.78, 5) is 22.2. The molecule has 0 saturated carbocycles. The number of hydrogen-bond acceptors (Lipinski definition) is 8. The first-order valence-electron chi connectivity index (χ1n) is 8.99. The molecule has 4 rings (SSSR count). The third kappa shape index (κ3) is 4.75. The van der Waals surface area contributed by atoms with Crippen LogP contribution in [-0.2, 0) is 4.79 Å². The predicted octanol–water partition coefficient (Wildman–Crippen LogP) is 3.80. The Bertz CT molecular complexity index is 1180. The number of ether oxygens (including phenoxy) is 2. The molecule has 11 heteroatoms. The Labute approximate surface area is 180 Å². The van der Waals surface area contributed by atoms with E-state index in [0.717, 1.165) is 0 Å². The highest BCUT2D eigenvalue weighted by Crippen LogP contribution is 2.34. The van der Waals surface area contributed by atoms with Crippen molar-refractivity contribution in [3.8, 4) is 22.8 Å². The molecule has 3 aromatic rings. The summed E-state index contributed by atoms with van der Waals surface area (Å²) in [7, 11) is 0. The Morgan fingerprint density at radius 3 is 2.81 bits per heavy atom. The number of non-ortho nitro benzene ring substituents is 1. The highest BCUT2D eigenvalue weighted by Gasteiger charge is 2.14. The molecule has 10 nitrogen and oxygen atoms in total. The van der Waals surface area contributed by atoms with Gasteiger partial charge in [-0.1, -0.05) is 11.6 Å². The van der Waals surface area contributed by atoms with Gasteiger partial charge in [-0.2, -0.15) is 5.10 Å². The number of nitro benzene ring substituents is 1. The number of halogens is 1. The lowest BCUT2D eigenvalue weighted by molar-refractivity contribution is -0.384. The third-order valence-electron chi connectivity index (χ3n) is 4.26. The van der Waals surface area contributed by atoms with Crippen molar-refractivity contribution in [2.75, 3.05) is 18.7 Å². The maximum absolute atomic E-state index is 12.0. The molecule has 0 saturated heterocycles. The molecule has 0 unspecified atom stereocenters. The SMILES string of the molecule is O=C(CNc1ccc2c(c1)OCO2)N/N=C\c1ccc(-c2ccc([N+](=O)[O-])cc2Cl)o1. The van der Waals surface area contributed by atoms with Crippen molar-refractivity contribution in [3.05, 3.63) is 69.4 Å². The van der Waals surface area contributed by atoms with Crippen LogP contribution in [0.1, 0.15) is 5.76 Å². The molecule has 2 aromatic carbocycles. The number of furan rings is 1. The number of hydrazone groups is 1. The van der Waals surface area contributed by atoms with Gasteiger partial charge in [0.2, 0.25) is 6.79 Å². The van der Waals surface area contributed by atoms with Crippen LogP contribution in [0.5, 0.6) is 11.5 Å². The largest absolute Gasteiger partial charge is 0.455 e. The van der Waals surface area contributed by atoms with Gasteiger partial charge in [-0.15, -0.1) is 0 Å². The van der Waals surface area contributed by atoms with Crippen LogP contribution in [0.2, 0.25) is 5.02 Å². The molecule has 1 aliphatic rings. The number of anilines is 1. The predicted molar refractivity (Wildman–Crippen MR) is 113 cm³/mol. The van der Waals surface area contributed by atoms with Gasteiger partial charge in [0.1, 0.15) is 11.5 Å². The molecular weight excluding hydrogens is 428 g/mol. The Hall–Kier alpha value is -4.05. The number of nitro groups is 1. The number of fused-ring (bicyclic) bond motifs is 1. The molecule has 1 aromatic heterocycles. The fraction of sp³-hybridized carbons (Fsp3) is 0.100. The fourth-order valence-corrected chi connectivity index (χ4v) is 3.05. The summed E-state index contributed by atoms with van der Waals surface area (Å²) in [6.45, 7) is 0.178. The van der Waals surface area contributed by atoms with Gasteiger partial charge in [0.15, 0.2) is 11.5 Å². The maximum atomic E-state index is 12.0. The minimum Gasteiger partial charge on any atom is -0.455 e. The molecule has 0 spiro atoms. The summed E-state index contributed by atoms with van der Waals surface area (Å²) in [5.41, 5.74) is 3.48. The van der Waals surface area contributed by atoms with Crippen molar-refractivity contribution in [1.82, 2.24) is 5.43 Å². The quantitative estimate of drug-likeness (QED) is 0.323. The smallest absolute Gasteiger partial charge is 0.270 e. The lowest BCUT2D eigenvalue weighted by Gasteiger charge is -2.06. The number of rotatable bonds is 7. The average Bonchev–Trinajstić information content (AvgIpc) is 3.41. The summed E-state index contributed by atoms with van der Waals surface area (Å²) >= 11 is 6.10. The van der Waals surface area contributed by atoms with Crippen LogP contribution >= 0.6 is 11.6 Å². The zero-order valence-electron chi connectivity index (χ0n) is 15.8. The van der Waals surface area contributed by atoms with Gasteiger partial charge in [-0.3, -0.25) is 14.9 Å². The highest BCUT2D eigenvalue weighted by atomic mass is 35.5. The molecule has 2 N–H and O–H groups in total. The van der Waals surface area contributed by atoms with E-state index in [1.807, 2.05) is 0 Å². The van der Waals surface area contributed by atoms with Crippen molar-refractivity contribution in [1.29, 1.82) is 0 Å². The Morgan fingerprint density at radius 2 is 2.00 bits per heavy atom. The second kappa shape index (κ2) is 8.76. The monoisotopic (exact) mass is 442 g/mol. The summed E-state index contributed by atoms with van der Waals surface area (Å²) in [5, 5.41) is 17.8. The first-order valence-corrected chi connectivity index (χ1v) is 9.37. The van der Waals surface area contributed by atoms with E-state index >= 15 is 0 Å². The molecule has 2 heterocycles. The van der Waals surface area contributed by atoms with Gasteiger partial charge in [-0.05, 0) is 30.3 Å². The number of carbonyl (C=O) groups excluding carboxylic acids is 1. The van der Waals surface area contributed by atoms with Crippen LogP contribution < -0.4 is 20.2 Å². The van der Waals surface area contributed by atoms with Crippen molar-refractivity contribution < 1.29 is 23.6 Å². The average molecular weight is 443 g/mol. The second-order valence-electron chi connectivity index (χ2n) is 6.34. The van der Waals surface area contributed by atoms with E-state index in [2.05, 4.69) is 15.8 Å². The van der Waals surface area contributed by atoms with Gasteiger partial charge in [-0.25, -0.2) is 5.43 Å². The number of carbonyl (C=O) groups is 1. The zero-order valence-corrected chi connectivity index (χ0v) is 16.6. The van der Waals surface area contributed by atoms with E-state index in [4.69, 9.17) is 25.5 Å². The van der Waals surface area contributed by atoms with E-state index < -0.39 is 4.92 Å². The highest BCUT2D eigenvalue weighted by molar-refractivity contribution is 6.33. The fourth-order valence-electron chi connectivity index (χ4n) is 2.78. The molecule has 0 aliphatic carbocycles. The zero-order chi connectivity index (χ0) is 21.8. The molecule has 0 radical (unpaired) electrons. The van der Waals surface area contributed by atoms with E-state index in [0.29, 0.717) is 34.3 Å². The minimum absolute atomic E-state index is 0.00120. The topological polar surface area (TPSA) is 128 Å². The van der Waals surface area contributed by atoms with Crippen molar-refractivity contribution in [2.24, 2.45) is 5.10 Å². The van der Waals surface area contributed by atoms with Gasteiger partial charge < -0.3 is 19.2 Å². The molecular formula is C20H15ClN4O6. The summed E-state index contributed by atoms with van der Waals surface area (Å²) in [6.07, 6.45) is 1.33. The number of nitrogens with zero attached hydrogens (tertiary/aromatic N) is 2. The summed E-state index contributed by atoms with van der Waals surface area (Å²) in [5.74, 6) is 1.70. The number of nitrogens with one attached hydrogen (secondary N) is 2. The molecule has 158 valence electrons. The standard InChI is InChI=1S/C20H15ClN4O6/c21-16-8-13(25(27)28)2-4-15(16)17-6-3-14(31-17)9-23-24-20(26)10-22-12-1-5-18-19(7-12)30-11-29-18/h1-9,22H,10-11H2,(H,24,26)/b23-9-. The van der Waals surface area contributed by atoms with E-state index in [-0.39, 0.29) is 30.0 Å². The Kier molecular flexibility index (Phi) is 5.72. The van der Waals surface area contributed by atoms with Crippen LogP contribution in [-0.4, -0.2) is 30.4 Å². The summed E-state index contributed by atoms with van der Waals surface area (Å²) < 4.78 is 16.1. The summed E-state index contributed by atoms with van der Waals surface area (Å²) in [6, 6.07) is 12.6. The third-order valence-corrected chi connectivity index (χ3v) is 4.58. The molecule has 1 amide bonds. The van der Waals surface area contributed by atoms with Gasteiger partial charge in [0, 0.05) is 29.4 Å². The van der Waals surface area contributed by atoms with Crippen molar-refractivity contribution in [3.63, 3.8) is 0 Å².